The van der Waals surface area contributed by atoms with Gasteiger partial charge in [0, 0.05) is 21.5 Å². The Morgan fingerprint density at radius 1 is 1.17 bits per heavy atom. The fraction of sp³-hybridized carbons (Fsp3) is 0.278. The molecule has 0 aromatic heterocycles. The lowest BCUT2D eigenvalue weighted by molar-refractivity contribution is -0.113. The van der Waals surface area contributed by atoms with Crippen LogP contribution >= 0.6 is 35.0 Å². The van der Waals surface area contributed by atoms with Crippen molar-refractivity contribution in [3.05, 3.63) is 63.6 Å². The van der Waals surface area contributed by atoms with Crippen molar-refractivity contribution >= 4 is 46.6 Å². The molecule has 0 saturated heterocycles. The molecule has 0 saturated carbocycles. The average molecular weight is 368 g/mol. The largest absolute Gasteiger partial charge is 0.325 e. The normalized spacial score (nSPS) is 10.8. The van der Waals surface area contributed by atoms with E-state index in [4.69, 9.17) is 23.2 Å². The van der Waals surface area contributed by atoms with E-state index in [0.717, 1.165) is 16.8 Å². The Morgan fingerprint density at radius 3 is 2.61 bits per heavy atom. The molecule has 0 aliphatic carbocycles. The molecule has 23 heavy (non-hydrogen) atoms. The molecule has 5 heteroatoms. The van der Waals surface area contributed by atoms with Crippen LogP contribution in [0.1, 0.15) is 30.9 Å². The summed E-state index contributed by atoms with van der Waals surface area (Å²) < 4.78 is 0. The van der Waals surface area contributed by atoms with E-state index in [2.05, 4.69) is 19.2 Å². The van der Waals surface area contributed by atoms with Crippen LogP contribution in [-0.2, 0) is 10.5 Å². The lowest BCUT2D eigenvalue weighted by atomic mass is 10.0. The van der Waals surface area contributed by atoms with Gasteiger partial charge in [-0.05, 0) is 35.2 Å². The molecule has 0 unspecified atom stereocenters. The molecule has 2 aromatic rings. The zero-order valence-corrected chi connectivity index (χ0v) is 15.4. The van der Waals surface area contributed by atoms with Crippen LogP contribution < -0.4 is 5.32 Å². The summed E-state index contributed by atoms with van der Waals surface area (Å²) in [6, 6.07) is 13.3. The van der Waals surface area contributed by atoms with E-state index in [9.17, 15) is 4.79 Å². The van der Waals surface area contributed by atoms with Gasteiger partial charge in [-0.25, -0.2) is 0 Å². The molecule has 0 spiro atoms. The van der Waals surface area contributed by atoms with Crippen LogP contribution in [-0.4, -0.2) is 11.7 Å². The third kappa shape index (κ3) is 5.45. The zero-order valence-electron chi connectivity index (χ0n) is 13.1. The Labute approximate surface area is 151 Å². The molecular formula is C18H19Cl2NOS. The van der Waals surface area contributed by atoms with Crippen molar-refractivity contribution in [2.24, 2.45) is 0 Å². The maximum Gasteiger partial charge on any atom is 0.234 e. The molecule has 0 heterocycles. The number of hydrogen-bond acceptors (Lipinski definition) is 2. The van der Waals surface area contributed by atoms with Crippen LogP contribution in [0.15, 0.2) is 42.5 Å². The van der Waals surface area contributed by atoms with E-state index >= 15 is 0 Å². The molecule has 1 amide bonds. The van der Waals surface area contributed by atoms with Gasteiger partial charge in [-0.15, -0.1) is 11.8 Å². The summed E-state index contributed by atoms with van der Waals surface area (Å²) in [4.78, 5) is 12.1. The van der Waals surface area contributed by atoms with Crippen LogP contribution in [0.25, 0.3) is 0 Å². The first kappa shape index (κ1) is 18.2. The number of thioether (sulfide) groups is 1. The predicted molar refractivity (Wildman–Crippen MR) is 102 cm³/mol. The highest BCUT2D eigenvalue weighted by Gasteiger charge is 2.09. The highest BCUT2D eigenvalue weighted by molar-refractivity contribution is 7.99. The van der Waals surface area contributed by atoms with Gasteiger partial charge in [0.25, 0.3) is 0 Å². The number of carbonyl (C=O) groups is 1. The third-order valence-corrected chi connectivity index (χ3v) is 4.93. The molecule has 0 aliphatic heterocycles. The maximum atomic E-state index is 12.1. The summed E-state index contributed by atoms with van der Waals surface area (Å²) >= 11 is 13.5. The molecular weight excluding hydrogens is 349 g/mol. The smallest absolute Gasteiger partial charge is 0.234 e. The maximum absolute atomic E-state index is 12.1. The number of amides is 1. The number of nitrogens with one attached hydrogen (secondary N) is 1. The van der Waals surface area contributed by atoms with Gasteiger partial charge in [0.05, 0.1) is 5.75 Å². The number of halogens is 2. The summed E-state index contributed by atoms with van der Waals surface area (Å²) in [5, 5.41) is 4.24. The van der Waals surface area contributed by atoms with Crippen molar-refractivity contribution in [2.45, 2.75) is 25.5 Å². The fourth-order valence-corrected chi connectivity index (χ4v) is 3.58. The van der Waals surface area contributed by atoms with E-state index in [0.29, 0.717) is 27.5 Å². The van der Waals surface area contributed by atoms with Crippen molar-refractivity contribution < 1.29 is 4.79 Å². The van der Waals surface area contributed by atoms with Crippen molar-refractivity contribution in [1.29, 1.82) is 0 Å². The molecule has 1 N–H and O–H groups in total. The average Bonchev–Trinajstić information content (AvgIpc) is 2.50. The minimum atomic E-state index is -0.00631. The SMILES string of the molecule is CC(C)c1ccccc1NC(=O)CSCc1ccc(Cl)cc1Cl. The number of rotatable bonds is 6. The zero-order chi connectivity index (χ0) is 16.8. The van der Waals surface area contributed by atoms with Crippen LogP contribution in [0.5, 0.6) is 0 Å². The monoisotopic (exact) mass is 367 g/mol. The Bertz CT molecular complexity index is 688. The van der Waals surface area contributed by atoms with Gasteiger partial charge < -0.3 is 5.32 Å². The standard InChI is InChI=1S/C18H19Cl2NOS/c1-12(2)15-5-3-4-6-17(15)21-18(22)11-23-10-13-7-8-14(19)9-16(13)20/h3-9,12H,10-11H2,1-2H3,(H,21,22). The molecule has 0 radical (unpaired) electrons. The first-order chi connectivity index (χ1) is 11.0. The van der Waals surface area contributed by atoms with E-state index in [1.54, 1.807) is 6.07 Å². The minimum absolute atomic E-state index is 0.00631. The van der Waals surface area contributed by atoms with Crippen molar-refractivity contribution in [3.8, 4) is 0 Å². The highest BCUT2D eigenvalue weighted by atomic mass is 35.5. The van der Waals surface area contributed by atoms with Gasteiger partial charge in [-0.2, -0.15) is 0 Å². The molecule has 2 nitrogen and oxygen atoms in total. The molecule has 0 fully saturated rings. The molecule has 0 atom stereocenters. The first-order valence-electron chi connectivity index (χ1n) is 7.38. The first-order valence-corrected chi connectivity index (χ1v) is 9.29. The van der Waals surface area contributed by atoms with Crippen LogP contribution in [0, 0.1) is 0 Å². The van der Waals surface area contributed by atoms with E-state index in [1.165, 1.54) is 11.8 Å². The topological polar surface area (TPSA) is 29.1 Å². The summed E-state index contributed by atoms with van der Waals surface area (Å²) in [5.41, 5.74) is 3.01. The van der Waals surface area contributed by atoms with Crippen molar-refractivity contribution in [1.82, 2.24) is 0 Å². The number of hydrogen-bond donors (Lipinski definition) is 1. The fourth-order valence-electron chi connectivity index (χ4n) is 2.19. The summed E-state index contributed by atoms with van der Waals surface area (Å²) in [7, 11) is 0. The quantitative estimate of drug-likeness (QED) is 0.679. The molecule has 0 bridgehead atoms. The van der Waals surface area contributed by atoms with Crippen molar-refractivity contribution in [3.63, 3.8) is 0 Å². The highest BCUT2D eigenvalue weighted by Crippen LogP contribution is 2.26. The van der Waals surface area contributed by atoms with Crippen LogP contribution in [0.3, 0.4) is 0 Å². The Balaban J connectivity index is 1.88. The van der Waals surface area contributed by atoms with Gasteiger partial charge in [0.2, 0.25) is 5.91 Å². The second kappa shape index (κ2) is 8.62. The Morgan fingerprint density at radius 2 is 1.91 bits per heavy atom. The molecule has 2 rings (SSSR count). The van der Waals surface area contributed by atoms with Crippen molar-refractivity contribution in [2.75, 3.05) is 11.1 Å². The summed E-state index contributed by atoms with van der Waals surface area (Å²) in [5.74, 6) is 1.42. The van der Waals surface area contributed by atoms with Crippen LogP contribution in [0.4, 0.5) is 5.69 Å². The lowest BCUT2D eigenvalue weighted by Gasteiger charge is -2.13. The Kier molecular flexibility index (Phi) is 6.82. The van der Waals surface area contributed by atoms with Gasteiger partial charge in [0.1, 0.15) is 0 Å². The molecule has 2 aromatic carbocycles. The lowest BCUT2D eigenvalue weighted by Crippen LogP contribution is -2.15. The predicted octanol–water partition coefficient (Wildman–Crippen LogP) is 5.99. The van der Waals surface area contributed by atoms with E-state index < -0.39 is 0 Å². The minimum Gasteiger partial charge on any atom is -0.325 e. The molecule has 122 valence electrons. The second-order valence-electron chi connectivity index (χ2n) is 5.52. The van der Waals surface area contributed by atoms with E-state index in [-0.39, 0.29) is 5.91 Å². The Hall–Kier alpha value is -1.16. The number of para-hydroxylation sites is 1. The number of anilines is 1. The van der Waals surface area contributed by atoms with Gasteiger partial charge in [0.15, 0.2) is 0 Å². The van der Waals surface area contributed by atoms with E-state index in [1.807, 2.05) is 36.4 Å². The second-order valence-corrected chi connectivity index (χ2v) is 7.35. The van der Waals surface area contributed by atoms with Gasteiger partial charge in [-0.3, -0.25) is 4.79 Å². The van der Waals surface area contributed by atoms with Crippen LogP contribution in [0.2, 0.25) is 10.0 Å². The summed E-state index contributed by atoms with van der Waals surface area (Å²) in [6.45, 7) is 4.23. The molecule has 0 aliphatic rings. The van der Waals surface area contributed by atoms with Gasteiger partial charge >= 0.3 is 0 Å². The number of benzene rings is 2. The number of carbonyl (C=O) groups excluding carboxylic acids is 1. The third-order valence-electron chi connectivity index (χ3n) is 3.36. The summed E-state index contributed by atoms with van der Waals surface area (Å²) in [6.07, 6.45) is 0. The van der Waals surface area contributed by atoms with Gasteiger partial charge in [-0.1, -0.05) is 61.3 Å².